The largest absolute Gasteiger partial charge is 0.350 e. The molecule has 150 valence electrons. The Hall–Kier alpha value is -3.86. The minimum Gasteiger partial charge on any atom is -0.350 e. The third-order valence-electron chi connectivity index (χ3n) is 5.07. The van der Waals surface area contributed by atoms with Crippen molar-refractivity contribution in [3.63, 3.8) is 0 Å². The number of nitrogens with zero attached hydrogens (tertiary/aromatic N) is 1. The number of para-hydroxylation sites is 2. The fraction of sp³-hybridized carbons (Fsp3) is 0.120. The molecule has 30 heavy (non-hydrogen) atoms. The molecular formula is C25H23N3O2. The summed E-state index contributed by atoms with van der Waals surface area (Å²) in [6, 6.07) is 25.7. The first-order valence-electron chi connectivity index (χ1n) is 9.85. The van der Waals surface area contributed by atoms with Crippen LogP contribution in [0.5, 0.6) is 0 Å². The van der Waals surface area contributed by atoms with Crippen molar-refractivity contribution in [3.8, 4) is 0 Å². The summed E-state index contributed by atoms with van der Waals surface area (Å²) in [4.78, 5) is 25.9. The van der Waals surface area contributed by atoms with E-state index in [2.05, 4.69) is 10.6 Å². The van der Waals surface area contributed by atoms with Gasteiger partial charge < -0.3 is 15.2 Å². The molecule has 5 heteroatoms. The van der Waals surface area contributed by atoms with E-state index in [1.807, 2.05) is 103 Å². The van der Waals surface area contributed by atoms with Crippen molar-refractivity contribution in [3.05, 3.63) is 102 Å². The number of fused-ring (bicyclic) bond motifs is 1. The first-order valence-corrected chi connectivity index (χ1v) is 9.85. The van der Waals surface area contributed by atoms with E-state index in [4.69, 9.17) is 0 Å². The van der Waals surface area contributed by atoms with E-state index in [1.54, 1.807) is 0 Å². The molecule has 0 aliphatic rings. The molecule has 0 spiro atoms. The van der Waals surface area contributed by atoms with E-state index in [0.717, 1.165) is 22.0 Å². The molecule has 3 aromatic carbocycles. The van der Waals surface area contributed by atoms with E-state index >= 15 is 0 Å². The number of hydrogen-bond donors (Lipinski definition) is 2. The van der Waals surface area contributed by atoms with Gasteiger partial charge in [0, 0.05) is 29.8 Å². The van der Waals surface area contributed by atoms with Crippen LogP contribution in [0.25, 0.3) is 10.9 Å². The molecular weight excluding hydrogens is 374 g/mol. The van der Waals surface area contributed by atoms with Crippen LogP contribution in [0.15, 0.2) is 91.1 Å². The highest BCUT2D eigenvalue weighted by molar-refractivity contribution is 5.98. The van der Waals surface area contributed by atoms with Crippen molar-refractivity contribution in [1.29, 1.82) is 0 Å². The zero-order valence-electron chi connectivity index (χ0n) is 16.7. The summed E-state index contributed by atoms with van der Waals surface area (Å²) in [7, 11) is 1.96. The van der Waals surface area contributed by atoms with Gasteiger partial charge in [-0.2, -0.15) is 0 Å². The maximum atomic E-state index is 13.0. The quantitative estimate of drug-likeness (QED) is 0.512. The molecule has 0 saturated carbocycles. The third kappa shape index (κ3) is 4.25. The Balaban J connectivity index is 1.55. The average Bonchev–Trinajstić information content (AvgIpc) is 3.09. The SMILES string of the molecule is Cn1cc(CC(=O)NC(C(=O)Nc2ccccc2)c2ccccc2)c2ccccc21. The van der Waals surface area contributed by atoms with Gasteiger partial charge in [-0.15, -0.1) is 0 Å². The van der Waals surface area contributed by atoms with Crippen molar-refractivity contribution in [2.75, 3.05) is 5.32 Å². The van der Waals surface area contributed by atoms with Crippen LogP contribution in [-0.2, 0) is 23.1 Å². The van der Waals surface area contributed by atoms with Gasteiger partial charge in [-0.3, -0.25) is 9.59 Å². The lowest BCUT2D eigenvalue weighted by molar-refractivity contribution is -0.126. The van der Waals surface area contributed by atoms with Crippen LogP contribution >= 0.6 is 0 Å². The number of amides is 2. The predicted octanol–water partition coefficient (Wildman–Crippen LogP) is 4.22. The highest BCUT2D eigenvalue weighted by Crippen LogP contribution is 2.22. The lowest BCUT2D eigenvalue weighted by atomic mass is 10.0. The van der Waals surface area contributed by atoms with Gasteiger partial charge in [-0.05, 0) is 29.3 Å². The van der Waals surface area contributed by atoms with Gasteiger partial charge in [-0.25, -0.2) is 0 Å². The Labute approximate surface area is 175 Å². The van der Waals surface area contributed by atoms with Crippen molar-refractivity contribution < 1.29 is 9.59 Å². The standard InChI is InChI=1S/C25H23N3O2/c1-28-17-19(21-14-8-9-15-22(21)28)16-23(29)27-24(18-10-4-2-5-11-18)25(30)26-20-12-6-3-7-13-20/h2-15,17,24H,16H2,1H3,(H,26,30)(H,27,29). The molecule has 0 radical (unpaired) electrons. The Morgan fingerprint density at radius 3 is 2.23 bits per heavy atom. The summed E-state index contributed by atoms with van der Waals surface area (Å²) >= 11 is 0. The van der Waals surface area contributed by atoms with Gasteiger partial charge in [0.2, 0.25) is 5.91 Å². The zero-order chi connectivity index (χ0) is 20.9. The number of aryl methyl sites for hydroxylation is 1. The summed E-state index contributed by atoms with van der Waals surface area (Å²) in [6.45, 7) is 0. The van der Waals surface area contributed by atoms with E-state index in [9.17, 15) is 9.59 Å². The summed E-state index contributed by atoms with van der Waals surface area (Å²) in [5.41, 5.74) is 3.42. The van der Waals surface area contributed by atoms with Crippen molar-refractivity contribution in [2.45, 2.75) is 12.5 Å². The van der Waals surface area contributed by atoms with Gasteiger partial charge in [0.15, 0.2) is 0 Å². The van der Waals surface area contributed by atoms with Crippen molar-refractivity contribution >= 4 is 28.4 Å². The van der Waals surface area contributed by atoms with Crippen LogP contribution in [0.4, 0.5) is 5.69 Å². The van der Waals surface area contributed by atoms with Crippen LogP contribution < -0.4 is 10.6 Å². The van der Waals surface area contributed by atoms with Gasteiger partial charge in [0.1, 0.15) is 6.04 Å². The minimum atomic E-state index is -0.783. The number of carbonyl (C=O) groups excluding carboxylic acids is 2. The molecule has 2 amide bonds. The zero-order valence-corrected chi connectivity index (χ0v) is 16.7. The Bertz CT molecular complexity index is 1170. The maximum Gasteiger partial charge on any atom is 0.251 e. The monoisotopic (exact) mass is 397 g/mol. The van der Waals surface area contributed by atoms with Crippen LogP contribution in [0.1, 0.15) is 17.2 Å². The van der Waals surface area contributed by atoms with Gasteiger partial charge in [0.05, 0.1) is 6.42 Å². The fourth-order valence-corrected chi connectivity index (χ4v) is 3.63. The van der Waals surface area contributed by atoms with Crippen LogP contribution in [-0.4, -0.2) is 16.4 Å². The lowest BCUT2D eigenvalue weighted by Gasteiger charge is -2.19. The molecule has 4 aromatic rings. The molecule has 1 atom stereocenters. The molecule has 1 unspecified atom stereocenters. The van der Waals surface area contributed by atoms with E-state index in [-0.39, 0.29) is 18.2 Å². The number of rotatable bonds is 6. The van der Waals surface area contributed by atoms with Gasteiger partial charge in [-0.1, -0.05) is 66.7 Å². The molecule has 0 fully saturated rings. The molecule has 0 saturated heterocycles. The van der Waals surface area contributed by atoms with Crippen molar-refractivity contribution in [1.82, 2.24) is 9.88 Å². The summed E-state index contributed by atoms with van der Waals surface area (Å²) in [6.07, 6.45) is 2.16. The van der Waals surface area contributed by atoms with E-state index in [1.165, 1.54) is 0 Å². The first kappa shape index (κ1) is 19.5. The van der Waals surface area contributed by atoms with Crippen molar-refractivity contribution in [2.24, 2.45) is 7.05 Å². The third-order valence-corrected chi connectivity index (χ3v) is 5.07. The fourth-order valence-electron chi connectivity index (χ4n) is 3.63. The maximum absolute atomic E-state index is 13.0. The lowest BCUT2D eigenvalue weighted by Crippen LogP contribution is -2.37. The molecule has 5 nitrogen and oxygen atoms in total. The number of aromatic nitrogens is 1. The topological polar surface area (TPSA) is 63.1 Å². The molecule has 2 N–H and O–H groups in total. The number of nitrogens with one attached hydrogen (secondary N) is 2. The summed E-state index contributed by atoms with van der Waals surface area (Å²) in [5.74, 6) is -0.484. The summed E-state index contributed by atoms with van der Waals surface area (Å²) < 4.78 is 2.01. The Morgan fingerprint density at radius 1 is 0.867 bits per heavy atom. The van der Waals surface area contributed by atoms with Crippen LogP contribution in [0, 0.1) is 0 Å². The smallest absolute Gasteiger partial charge is 0.251 e. The first-order chi connectivity index (χ1) is 14.6. The highest BCUT2D eigenvalue weighted by atomic mass is 16.2. The number of carbonyl (C=O) groups is 2. The second-order valence-electron chi connectivity index (χ2n) is 7.23. The number of benzene rings is 3. The number of anilines is 1. The molecule has 1 heterocycles. The molecule has 0 aliphatic heterocycles. The number of hydrogen-bond acceptors (Lipinski definition) is 2. The second kappa shape index (κ2) is 8.66. The minimum absolute atomic E-state index is 0.198. The van der Waals surface area contributed by atoms with Crippen LogP contribution in [0.3, 0.4) is 0 Å². The van der Waals surface area contributed by atoms with Crippen LogP contribution in [0.2, 0.25) is 0 Å². The van der Waals surface area contributed by atoms with E-state index < -0.39 is 6.04 Å². The highest BCUT2D eigenvalue weighted by Gasteiger charge is 2.23. The van der Waals surface area contributed by atoms with E-state index in [0.29, 0.717) is 5.69 Å². The average molecular weight is 397 g/mol. The second-order valence-corrected chi connectivity index (χ2v) is 7.23. The molecule has 0 bridgehead atoms. The molecule has 1 aromatic heterocycles. The Kier molecular flexibility index (Phi) is 5.61. The van der Waals surface area contributed by atoms with Gasteiger partial charge in [0.25, 0.3) is 5.91 Å². The molecule has 0 aliphatic carbocycles. The normalized spacial score (nSPS) is 11.8. The summed E-state index contributed by atoms with van der Waals surface area (Å²) in [5, 5.41) is 6.84. The van der Waals surface area contributed by atoms with Gasteiger partial charge >= 0.3 is 0 Å². The predicted molar refractivity (Wildman–Crippen MR) is 119 cm³/mol. The molecule has 4 rings (SSSR count). The Morgan fingerprint density at radius 2 is 1.50 bits per heavy atom.